The fourth-order valence-electron chi connectivity index (χ4n) is 2.40. The fourth-order valence-corrected chi connectivity index (χ4v) is 2.40. The molecule has 2 amide bonds. The zero-order valence-corrected chi connectivity index (χ0v) is 14.5. The van der Waals surface area contributed by atoms with Gasteiger partial charge in [0.05, 0.1) is 5.54 Å². The van der Waals surface area contributed by atoms with Crippen LogP contribution in [0.1, 0.15) is 60.3 Å². The van der Waals surface area contributed by atoms with Gasteiger partial charge in [0, 0.05) is 13.2 Å². The predicted molar refractivity (Wildman–Crippen MR) is 84.7 cm³/mol. The maximum absolute atomic E-state index is 12.3. The highest BCUT2D eigenvalue weighted by Gasteiger charge is 2.33. The monoisotopic (exact) mass is 314 g/mol. The highest BCUT2D eigenvalue weighted by Crippen LogP contribution is 2.18. The summed E-state index contributed by atoms with van der Waals surface area (Å²) in [6.45, 7) is 10.4. The second-order valence-electron chi connectivity index (χ2n) is 6.83. The van der Waals surface area contributed by atoms with Gasteiger partial charge in [-0.1, -0.05) is 13.8 Å². The second kappa shape index (κ2) is 7.81. The van der Waals surface area contributed by atoms with E-state index in [0.717, 1.165) is 25.7 Å². The highest BCUT2D eigenvalue weighted by molar-refractivity contribution is 5.81. The van der Waals surface area contributed by atoms with Crippen molar-refractivity contribution in [1.82, 2.24) is 10.6 Å². The van der Waals surface area contributed by atoms with E-state index in [-0.39, 0.29) is 12.0 Å². The SMILES string of the molecule is CCC(CC)(CNC(=O)OC(C)(C)C)NC(=O)C1CCCO1. The first kappa shape index (κ1) is 18.7. The number of hydrogen-bond donors (Lipinski definition) is 2. The lowest BCUT2D eigenvalue weighted by Crippen LogP contribution is -2.57. The number of nitrogens with one attached hydrogen (secondary N) is 2. The molecule has 0 saturated carbocycles. The first-order valence-electron chi connectivity index (χ1n) is 8.12. The zero-order valence-electron chi connectivity index (χ0n) is 14.5. The first-order chi connectivity index (χ1) is 10.2. The molecule has 0 bridgehead atoms. The number of hydrogen-bond acceptors (Lipinski definition) is 4. The Labute approximate surface area is 133 Å². The minimum atomic E-state index is -0.536. The molecule has 1 rings (SSSR count). The molecule has 0 spiro atoms. The minimum Gasteiger partial charge on any atom is -0.444 e. The standard InChI is InChI=1S/C16H30N2O4/c1-6-16(7-2,11-17-14(20)22-15(3,4)5)18-13(19)12-9-8-10-21-12/h12H,6-11H2,1-5H3,(H,17,20)(H,18,19). The summed E-state index contributed by atoms with van der Waals surface area (Å²) in [5, 5.41) is 5.82. The van der Waals surface area contributed by atoms with Gasteiger partial charge in [-0.25, -0.2) is 4.79 Å². The van der Waals surface area contributed by atoms with E-state index in [9.17, 15) is 9.59 Å². The molecule has 1 unspecified atom stereocenters. The molecule has 6 nitrogen and oxygen atoms in total. The van der Waals surface area contributed by atoms with Gasteiger partial charge in [0.25, 0.3) is 0 Å². The summed E-state index contributed by atoms with van der Waals surface area (Å²) in [6.07, 6.45) is 2.29. The zero-order chi connectivity index (χ0) is 16.8. The summed E-state index contributed by atoms with van der Waals surface area (Å²) in [5.74, 6) is -0.0906. The van der Waals surface area contributed by atoms with E-state index in [2.05, 4.69) is 10.6 Å². The van der Waals surface area contributed by atoms with E-state index in [1.165, 1.54) is 0 Å². The third-order valence-electron chi connectivity index (χ3n) is 3.93. The molecular weight excluding hydrogens is 284 g/mol. The Balaban J connectivity index is 2.58. The molecule has 1 aliphatic rings. The van der Waals surface area contributed by atoms with Gasteiger partial charge in [-0.05, 0) is 46.5 Å². The Kier molecular flexibility index (Phi) is 6.66. The van der Waals surface area contributed by atoms with Crippen molar-refractivity contribution in [2.45, 2.75) is 77.5 Å². The lowest BCUT2D eigenvalue weighted by Gasteiger charge is -2.34. The Bertz CT molecular complexity index is 380. The topological polar surface area (TPSA) is 76.7 Å². The van der Waals surface area contributed by atoms with Crippen molar-refractivity contribution in [2.24, 2.45) is 0 Å². The van der Waals surface area contributed by atoms with Crippen LogP contribution in [0.5, 0.6) is 0 Å². The number of alkyl carbamates (subject to hydrolysis) is 1. The molecule has 0 aromatic carbocycles. The van der Waals surface area contributed by atoms with Crippen LogP contribution in [-0.2, 0) is 14.3 Å². The number of rotatable bonds is 6. The lowest BCUT2D eigenvalue weighted by atomic mass is 9.92. The van der Waals surface area contributed by atoms with E-state index >= 15 is 0 Å². The van der Waals surface area contributed by atoms with Crippen LogP contribution in [0, 0.1) is 0 Å². The van der Waals surface area contributed by atoms with Crippen LogP contribution in [-0.4, -0.2) is 42.4 Å². The van der Waals surface area contributed by atoms with Crippen molar-refractivity contribution in [3.05, 3.63) is 0 Å². The lowest BCUT2D eigenvalue weighted by molar-refractivity contribution is -0.132. The number of ether oxygens (including phenoxy) is 2. The highest BCUT2D eigenvalue weighted by atomic mass is 16.6. The van der Waals surface area contributed by atoms with Crippen LogP contribution in [0.2, 0.25) is 0 Å². The Morgan fingerprint density at radius 2 is 1.86 bits per heavy atom. The van der Waals surface area contributed by atoms with Crippen molar-refractivity contribution in [2.75, 3.05) is 13.2 Å². The average Bonchev–Trinajstić information content (AvgIpc) is 2.96. The summed E-state index contributed by atoms with van der Waals surface area (Å²) in [4.78, 5) is 24.1. The van der Waals surface area contributed by atoms with Crippen molar-refractivity contribution in [1.29, 1.82) is 0 Å². The molecule has 2 N–H and O–H groups in total. The van der Waals surface area contributed by atoms with E-state index in [0.29, 0.717) is 13.2 Å². The Morgan fingerprint density at radius 3 is 2.32 bits per heavy atom. The molecule has 0 radical (unpaired) electrons. The van der Waals surface area contributed by atoms with Gasteiger partial charge < -0.3 is 20.1 Å². The predicted octanol–water partition coefficient (Wildman–Crippen LogP) is 2.37. The molecule has 0 aliphatic carbocycles. The van der Waals surface area contributed by atoms with Gasteiger partial charge in [0.1, 0.15) is 11.7 Å². The first-order valence-corrected chi connectivity index (χ1v) is 8.12. The van der Waals surface area contributed by atoms with Gasteiger partial charge in [0.2, 0.25) is 5.91 Å². The second-order valence-corrected chi connectivity index (χ2v) is 6.83. The van der Waals surface area contributed by atoms with Crippen molar-refractivity contribution >= 4 is 12.0 Å². The number of carbonyl (C=O) groups is 2. The van der Waals surface area contributed by atoms with Gasteiger partial charge in [-0.15, -0.1) is 0 Å². The molecule has 128 valence electrons. The third kappa shape index (κ3) is 5.83. The van der Waals surface area contributed by atoms with E-state index < -0.39 is 17.2 Å². The molecule has 0 aromatic rings. The van der Waals surface area contributed by atoms with Crippen LogP contribution >= 0.6 is 0 Å². The molecule has 1 aliphatic heterocycles. The molecular formula is C16H30N2O4. The van der Waals surface area contributed by atoms with Gasteiger partial charge >= 0.3 is 6.09 Å². The van der Waals surface area contributed by atoms with E-state index in [1.807, 2.05) is 34.6 Å². The Hall–Kier alpha value is -1.30. The van der Waals surface area contributed by atoms with Crippen LogP contribution in [0.3, 0.4) is 0 Å². The molecule has 1 fully saturated rings. The Morgan fingerprint density at radius 1 is 1.23 bits per heavy atom. The summed E-state index contributed by atoms with van der Waals surface area (Å²) in [7, 11) is 0. The van der Waals surface area contributed by atoms with Crippen molar-refractivity contribution in [3.63, 3.8) is 0 Å². The van der Waals surface area contributed by atoms with E-state index in [4.69, 9.17) is 9.47 Å². The van der Waals surface area contributed by atoms with Gasteiger partial charge in [-0.3, -0.25) is 4.79 Å². The van der Waals surface area contributed by atoms with Crippen LogP contribution < -0.4 is 10.6 Å². The molecule has 22 heavy (non-hydrogen) atoms. The largest absolute Gasteiger partial charge is 0.444 e. The number of carbonyl (C=O) groups excluding carboxylic acids is 2. The number of amides is 2. The summed E-state index contributed by atoms with van der Waals surface area (Å²) in [5.41, 5.74) is -1.01. The molecule has 6 heteroatoms. The van der Waals surface area contributed by atoms with Gasteiger partial charge in [-0.2, -0.15) is 0 Å². The summed E-state index contributed by atoms with van der Waals surface area (Å²) in [6, 6.07) is 0. The smallest absolute Gasteiger partial charge is 0.407 e. The molecule has 1 atom stereocenters. The minimum absolute atomic E-state index is 0.0906. The van der Waals surface area contributed by atoms with Crippen molar-refractivity contribution < 1.29 is 19.1 Å². The van der Waals surface area contributed by atoms with E-state index in [1.54, 1.807) is 0 Å². The van der Waals surface area contributed by atoms with Gasteiger partial charge in [0.15, 0.2) is 0 Å². The van der Waals surface area contributed by atoms with Crippen LogP contribution in [0.4, 0.5) is 4.79 Å². The summed E-state index contributed by atoms with van der Waals surface area (Å²) < 4.78 is 10.7. The van der Waals surface area contributed by atoms with Crippen LogP contribution in [0.15, 0.2) is 0 Å². The maximum Gasteiger partial charge on any atom is 0.407 e. The molecule has 0 aromatic heterocycles. The normalized spacial score (nSPS) is 18.9. The maximum atomic E-state index is 12.3. The molecule has 1 heterocycles. The van der Waals surface area contributed by atoms with Crippen LogP contribution in [0.25, 0.3) is 0 Å². The molecule has 1 saturated heterocycles. The summed E-state index contributed by atoms with van der Waals surface area (Å²) >= 11 is 0. The quantitative estimate of drug-likeness (QED) is 0.789. The third-order valence-corrected chi connectivity index (χ3v) is 3.93. The average molecular weight is 314 g/mol. The van der Waals surface area contributed by atoms with Crippen molar-refractivity contribution in [3.8, 4) is 0 Å². The fraction of sp³-hybridized carbons (Fsp3) is 0.875.